The molecule has 3 fully saturated rings. The van der Waals surface area contributed by atoms with Gasteiger partial charge in [-0.3, -0.25) is 0 Å². The predicted octanol–water partition coefficient (Wildman–Crippen LogP) is 15.4. The quantitative estimate of drug-likeness (QED) is 0.129. The molecule has 5 atom stereocenters. The van der Waals surface area contributed by atoms with Crippen molar-refractivity contribution in [3.63, 3.8) is 0 Å². The van der Waals surface area contributed by atoms with Crippen LogP contribution >= 0.6 is 11.3 Å². The molecule has 0 bridgehead atoms. The van der Waals surface area contributed by atoms with Crippen molar-refractivity contribution in [2.45, 2.75) is 79.6 Å². The zero-order chi connectivity index (χ0) is 41.1. The molecule has 1 spiro atoms. The van der Waals surface area contributed by atoms with Crippen molar-refractivity contribution < 1.29 is 0 Å². The summed E-state index contributed by atoms with van der Waals surface area (Å²) in [7, 11) is 0. The van der Waals surface area contributed by atoms with E-state index in [2.05, 4.69) is 198 Å². The maximum Gasteiger partial charge on any atom is 0.108 e. The Bertz CT molecular complexity index is 2860. The summed E-state index contributed by atoms with van der Waals surface area (Å²) in [5.74, 6) is 1.09. The van der Waals surface area contributed by atoms with Crippen LogP contribution in [0.3, 0.4) is 0 Å². The van der Waals surface area contributed by atoms with Crippen LogP contribution in [0.1, 0.15) is 86.9 Å². The van der Waals surface area contributed by atoms with Crippen LogP contribution in [0.25, 0.3) is 31.9 Å². The van der Waals surface area contributed by atoms with E-state index in [1.807, 2.05) is 11.3 Å². The SMILES string of the molecule is CC/C=C\C=C(/C)N(c1ccc(-c2sc(-c3ccc(N(c4cccc(C)c4)c4cccc(C)c4)cc3)c3nc4c(nc23)C2CC3(C)C5(C)CC4C235)cc1)c1cccc(C)c1. The van der Waals surface area contributed by atoms with E-state index in [-0.39, 0.29) is 0 Å². The molecule has 0 saturated heterocycles. The Kier molecular flexibility index (Phi) is 8.29. The summed E-state index contributed by atoms with van der Waals surface area (Å²) in [5.41, 5.74) is 19.0. The number of hydrogen-bond acceptors (Lipinski definition) is 5. The van der Waals surface area contributed by atoms with E-state index >= 15 is 0 Å². The van der Waals surface area contributed by atoms with Crippen molar-refractivity contribution in [1.29, 1.82) is 0 Å². The van der Waals surface area contributed by atoms with Crippen molar-refractivity contribution in [3.05, 3.63) is 173 Å². The number of aromatic nitrogens is 2. The second-order valence-electron chi connectivity index (χ2n) is 18.4. The van der Waals surface area contributed by atoms with Gasteiger partial charge in [0.25, 0.3) is 0 Å². The molecule has 0 N–H and O–H groups in total. The van der Waals surface area contributed by atoms with Gasteiger partial charge in [0.1, 0.15) is 11.0 Å². The second kappa shape index (κ2) is 13.4. The van der Waals surface area contributed by atoms with Crippen molar-refractivity contribution in [3.8, 4) is 20.9 Å². The molecule has 2 aromatic heterocycles. The van der Waals surface area contributed by atoms with Gasteiger partial charge in [0, 0.05) is 46.0 Å². The summed E-state index contributed by atoms with van der Waals surface area (Å²) >= 11 is 1.84. The summed E-state index contributed by atoms with van der Waals surface area (Å²) in [6.45, 7) is 15.9. The molecule has 4 aliphatic carbocycles. The highest BCUT2D eigenvalue weighted by atomic mass is 32.1. The fourth-order valence-electron chi connectivity index (χ4n) is 12.3. The molecule has 7 aromatic rings. The summed E-state index contributed by atoms with van der Waals surface area (Å²) < 4.78 is 0. The lowest BCUT2D eigenvalue weighted by atomic mass is 9.59. The fraction of sp³-hybridized carbons (Fsp3) is 0.273. The van der Waals surface area contributed by atoms with Crippen LogP contribution in [-0.2, 0) is 0 Å². The van der Waals surface area contributed by atoms with Crippen LogP contribution < -0.4 is 9.80 Å². The number of fused-ring (bicyclic) bond motifs is 5. The largest absolute Gasteiger partial charge is 0.315 e. The first-order valence-electron chi connectivity index (χ1n) is 21.8. The average molecular weight is 801 g/mol. The molecule has 5 unspecified atom stereocenters. The third-order valence-electron chi connectivity index (χ3n) is 15.2. The first kappa shape index (κ1) is 37.2. The molecule has 298 valence electrons. The lowest BCUT2D eigenvalue weighted by molar-refractivity contribution is 0.0912. The first-order valence-corrected chi connectivity index (χ1v) is 22.6. The number of anilines is 5. The van der Waals surface area contributed by atoms with Gasteiger partial charge in [-0.1, -0.05) is 93.6 Å². The molecule has 5 aromatic carbocycles. The van der Waals surface area contributed by atoms with Crippen LogP contribution in [0.15, 0.2) is 145 Å². The molecule has 4 aliphatic rings. The lowest BCUT2D eigenvalue weighted by Crippen LogP contribution is -2.36. The number of rotatable bonds is 10. The standard InChI is InChI=1S/C55H52N4S/c1-8-9-10-17-37(5)58(42-18-11-14-34(2)29-42)40-25-21-38(22-26-40)51-49-50(57-48-46-33-54(7)53(6)32-45(47(48)56-49)55(46,53)54)52(60-51)39-23-27-41(28-24-39)59(43-19-12-15-35(3)30-43)44-20-13-16-36(4)31-44/h9-31,45-46H,8,32-33H2,1-7H3/b10-9-,37-17+. The molecule has 0 amide bonds. The van der Waals surface area contributed by atoms with Crippen molar-refractivity contribution in [1.82, 2.24) is 9.97 Å². The van der Waals surface area contributed by atoms with Gasteiger partial charge in [-0.2, -0.15) is 0 Å². The molecule has 2 heterocycles. The number of aryl methyl sites for hydroxylation is 3. The minimum Gasteiger partial charge on any atom is -0.315 e. The highest BCUT2D eigenvalue weighted by molar-refractivity contribution is 7.20. The van der Waals surface area contributed by atoms with Crippen molar-refractivity contribution in [2.24, 2.45) is 16.2 Å². The minimum absolute atomic E-state index is 0.389. The third-order valence-corrected chi connectivity index (χ3v) is 16.4. The van der Waals surface area contributed by atoms with Crippen molar-refractivity contribution in [2.75, 3.05) is 9.80 Å². The van der Waals surface area contributed by atoms with Crippen LogP contribution in [-0.4, -0.2) is 9.97 Å². The molecule has 5 heteroatoms. The Balaban J connectivity index is 1.02. The topological polar surface area (TPSA) is 32.3 Å². The van der Waals surface area contributed by atoms with E-state index in [4.69, 9.17) is 9.97 Å². The molecule has 0 aliphatic heterocycles. The van der Waals surface area contributed by atoms with Gasteiger partial charge in [-0.05, 0) is 158 Å². The Hall–Kier alpha value is -5.78. The van der Waals surface area contributed by atoms with E-state index in [0.29, 0.717) is 28.1 Å². The fourth-order valence-corrected chi connectivity index (χ4v) is 13.5. The van der Waals surface area contributed by atoms with E-state index in [9.17, 15) is 0 Å². The number of allylic oxidation sites excluding steroid dienone is 4. The van der Waals surface area contributed by atoms with Gasteiger partial charge < -0.3 is 9.80 Å². The summed E-state index contributed by atoms with van der Waals surface area (Å²) in [4.78, 5) is 18.5. The third kappa shape index (κ3) is 5.08. The molecular weight excluding hydrogens is 749 g/mol. The lowest BCUT2D eigenvalue weighted by Gasteiger charge is -2.43. The van der Waals surface area contributed by atoms with E-state index in [1.54, 1.807) is 0 Å². The number of nitrogens with zero attached hydrogens (tertiary/aromatic N) is 4. The Morgan fingerprint density at radius 1 is 0.633 bits per heavy atom. The minimum atomic E-state index is 0.389. The number of benzene rings is 5. The molecular formula is C55H52N4S. The highest BCUT2D eigenvalue weighted by Gasteiger charge is 3.00. The van der Waals surface area contributed by atoms with E-state index in [0.717, 1.165) is 45.9 Å². The van der Waals surface area contributed by atoms with Gasteiger partial charge in [-0.25, -0.2) is 9.97 Å². The van der Waals surface area contributed by atoms with Gasteiger partial charge in [0.05, 0.1) is 21.1 Å². The molecule has 4 nitrogen and oxygen atoms in total. The monoisotopic (exact) mass is 800 g/mol. The van der Waals surface area contributed by atoms with Gasteiger partial charge in [-0.15, -0.1) is 11.3 Å². The molecule has 60 heavy (non-hydrogen) atoms. The van der Waals surface area contributed by atoms with Gasteiger partial charge in [0.15, 0.2) is 0 Å². The van der Waals surface area contributed by atoms with Crippen LogP contribution in [0, 0.1) is 37.0 Å². The summed E-state index contributed by atoms with van der Waals surface area (Å²) in [6, 6.07) is 44.6. The predicted molar refractivity (Wildman–Crippen MR) is 252 cm³/mol. The second-order valence-corrected chi connectivity index (χ2v) is 19.4. The van der Waals surface area contributed by atoms with Crippen LogP contribution in [0.4, 0.5) is 28.4 Å². The molecule has 0 radical (unpaired) electrons. The first-order chi connectivity index (χ1) is 29.1. The van der Waals surface area contributed by atoms with E-state index < -0.39 is 0 Å². The molecule has 3 saturated carbocycles. The summed E-state index contributed by atoms with van der Waals surface area (Å²) in [5, 5.41) is 0. The highest BCUT2D eigenvalue weighted by Crippen LogP contribution is 3.06. The Labute approximate surface area is 359 Å². The van der Waals surface area contributed by atoms with Gasteiger partial charge in [0.2, 0.25) is 0 Å². The number of thiophene rings is 1. The smallest absolute Gasteiger partial charge is 0.108 e. The number of hydrogen-bond donors (Lipinski definition) is 0. The van der Waals surface area contributed by atoms with Crippen LogP contribution in [0.5, 0.6) is 0 Å². The Morgan fingerprint density at radius 3 is 1.57 bits per heavy atom. The van der Waals surface area contributed by atoms with E-state index in [1.165, 1.54) is 67.5 Å². The zero-order valence-corrected chi connectivity index (χ0v) is 36.6. The summed E-state index contributed by atoms with van der Waals surface area (Å²) in [6.07, 6.45) is 10.1. The van der Waals surface area contributed by atoms with Gasteiger partial charge >= 0.3 is 0 Å². The normalized spacial score (nSPS) is 24.4. The maximum atomic E-state index is 5.71. The maximum absolute atomic E-state index is 5.71. The average Bonchev–Trinajstić information content (AvgIpc) is 3.54. The Morgan fingerprint density at radius 2 is 1.10 bits per heavy atom. The van der Waals surface area contributed by atoms with Crippen molar-refractivity contribution >= 4 is 50.8 Å². The zero-order valence-electron chi connectivity index (χ0n) is 35.8. The molecule has 11 rings (SSSR count). The van der Waals surface area contributed by atoms with Crippen LogP contribution in [0.2, 0.25) is 0 Å².